The summed E-state index contributed by atoms with van der Waals surface area (Å²) in [5.41, 5.74) is 0.654. The van der Waals surface area contributed by atoms with E-state index in [-0.39, 0.29) is 35.6 Å². The zero-order valence-electron chi connectivity index (χ0n) is 19.2. The van der Waals surface area contributed by atoms with Gasteiger partial charge in [0.15, 0.2) is 11.6 Å². The van der Waals surface area contributed by atoms with E-state index in [1.807, 2.05) is 6.92 Å². The van der Waals surface area contributed by atoms with Crippen molar-refractivity contribution in [3.05, 3.63) is 71.6 Å². The molecule has 2 aromatic carbocycles. The molecule has 0 amide bonds. The van der Waals surface area contributed by atoms with Gasteiger partial charge in [0.05, 0.1) is 19.3 Å². The van der Waals surface area contributed by atoms with Gasteiger partial charge in [0.2, 0.25) is 5.82 Å². The van der Waals surface area contributed by atoms with E-state index in [4.69, 9.17) is 9.47 Å². The standard InChI is InChI=1S/C27H33F3O3/c1-3-5-15-32-20-11-12-21(23(28)16-20)19-9-7-18(8-10-19)17-33-25-14-13-22(24(31)6-4-2)26(29)27(25)30/h3,11-14,16,18-19,24,31H,1,4-10,15,17H2,2H3. The summed E-state index contributed by atoms with van der Waals surface area (Å²) in [4.78, 5) is 0. The van der Waals surface area contributed by atoms with Crippen LogP contribution >= 0.6 is 0 Å². The van der Waals surface area contributed by atoms with Crippen LogP contribution in [-0.4, -0.2) is 18.3 Å². The first-order valence-corrected chi connectivity index (χ1v) is 11.8. The molecular weight excluding hydrogens is 429 g/mol. The lowest BCUT2D eigenvalue weighted by molar-refractivity contribution is 0.159. The molecule has 1 fully saturated rings. The predicted octanol–water partition coefficient (Wildman–Crippen LogP) is 7.25. The van der Waals surface area contributed by atoms with Crippen LogP contribution in [0.25, 0.3) is 0 Å². The van der Waals surface area contributed by atoms with Crippen LogP contribution in [0, 0.1) is 23.4 Å². The van der Waals surface area contributed by atoms with Gasteiger partial charge >= 0.3 is 0 Å². The second kappa shape index (κ2) is 12.1. The lowest BCUT2D eigenvalue weighted by atomic mass is 9.79. The van der Waals surface area contributed by atoms with Crippen LogP contribution in [0.15, 0.2) is 43.0 Å². The van der Waals surface area contributed by atoms with E-state index in [1.165, 1.54) is 18.2 Å². The van der Waals surface area contributed by atoms with Gasteiger partial charge in [-0.25, -0.2) is 8.78 Å². The maximum absolute atomic E-state index is 14.6. The van der Waals surface area contributed by atoms with Crippen molar-refractivity contribution in [3.8, 4) is 11.5 Å². The van der Waals surface area contributed by atoms with Crippen LogP contribution in [0.5, 0.6) is 11.5 Å². The monoisotopic (exact) mass is 462 g/mol. The van der Waals surface area contributed by atoms with E-state index in [1.54, 1.807) is 18.2 Å². The molecule has 3 nitrogen and oxygen atoms in total. The third-order valence-corrected chi connectivity index (χ3v) is 6.32. The second-order valence-corrected chi connectivity index (χ2v) is 8.72. The van der Waals surface area contributed by atoms with Crippen molar-refractivity contribution >= 4 is 0 Å². The molecular formula is C27H33F3O3. The van der Waals surface area contributed by atoms with Gasteiger partial charge in [-0.05, 0) is 74.1 Å². The minimum Gasteiger partial charge on any atom is -0.493 e. The van der Waals surface area contributed by atoms with E-state index in [9.17, 15) is 18.3 Å². The molecule has 0 radical (unpaired) electrons. The topological polar surface area (TPSA) is 38.7 Å². The van der Waals surface area contributed by atoms with Gasteiger partial charge in [-0.2, -0.15) is 4.39 Å². The molecule has 1 saturated carbocycles. The number of benzene rings is 2. The Bertz CT molecular complexity index is 923. The van der Waals surface area contributed by atoms with Crippen LogP contribution in [0.1, 0.15) is 75.0 Å². The summed E-state index contributed by atoms with van der Waals surface area (Å²) in [6.45, 7) is 6.25. The summed E-state index contributed by atoms with van der Waals surface area (Å²) in [7, 11) is 0. The molecule has 0 bridgehead atoms. The number of aliphatic hydroxyl groups is 1. The fourth-order valence-electron chi connectivity index (χ4n) is 4.38. The molecule has 1 unspecified atom stereocenters. The lowest BCUT2D eigenvalue weighted by Crippen LogP contribution is -2.20. The Labute approximate surface area is 194 Å². The number of aliphatic hydroxyl groups excluding tert-OH is 1. The van der Waals surface area contributed by atoms with Crippen molar-refractivity contribution in [2.75, 3.05) is 13.2 Å². The Morgan fingerprint density at radius 2 is 1.82 bits per heavy atom. The van der Waals surface area contributed by atoms with Crippen molar-refractivity contribution in [2.45, 2.75) is 63.9 Å². The summed E-state index contributed by atoms with van der Waals surface area (Å²) in [5.74, 6) is -1.68. The number of hydrogen-bond donors (Lipinski definition) is 1. The highest BCUT2D eigenvalue weighted by Crippen LogP contribution is 2.38. The fourth-order valence-corrected chi connectivity index (χ4v) is 4.38. The molecule has 6 heteroatoms. The molecule has 1 N–H and O–H groups in total. The number of halogens is 3. The van der Waals surface area contributed by atoms with E-state index in [0.717, 1.165) is 25.7 Å². The average Bonchev–Trinajstić information content (AvgIpc) is 2.81. The maximum atomic E-state index is 14.6. The Kier molecular flexibility index (Phi) is 9.24. The Morgan fingerprint density at radius 3 is 2.48 bits per heavy atom. The average molecular weight is 463 g/mol. The quantitative estimate of drug-likeness (QED) is 0.282. The number of hydrogen-bond acceptors (Lipinski definition) is 3. The van der Waals surface area contributed by atoms with Crippen molar-refractivity contribution < 1.29 is 27.8 Å². The molecule has 1 aliphatic carbocycles. The molecule has 0 saturated heterocycles. The Balaban J connectivity index is 1.52. The fraction of sp³-hybridized carbons (Fsp3) is 0.481. The minimum atomic E-state index is -1.06. The molecule has 33 heavy (non-hydrogen) atoms. The van der Waals surface area contributed by atoms with Gasteiger partial charge < -0.3 is 14.6 Å². The van der Waals surface area contributed by atoms with Crippen LogP contribution in [0.2, 0.25) is 0 Å². The smallest absolute Gasteiger partial charge is 0.200 e. The second-order valence-electron chi connectivity index (χ2n) is 8.72. The summed E-state index contributed by atoms with van der Waals surface area (Å²) < 4.78 is 54.4. The minimum absolute atomic E-state index is 0.0404. The zero-order chi connectivity index (χ0) is 23.8. The van der Waals surface area contributed by atoms with E-state index >= 15 is 0 Å². The highest BCUT2D eigenvalue weighted by Gasteiger charge is 2.26. The third-order valence-electron chi connectivity index (χ3n) is 6.32. The summed E-state index contributed by atoms with van der Waals surface area (Å²) in [6, 6.07) is 7.80. The molecule has 1 atom stereocenters. The van der Waals surface area contributed by atoms with Crippen LogP contribution in [0.3, 0.4) is 0 Å². The molecule has 0 spiro atoms. The van der Waals surface area contributed by atoms with E-state index < -0.39 is 17.7 Å². The van der Waals surface area contributed by atoms with Crippen molar-refractivity contribution in [1.29, 1.82) is 0 Å². The van der Waals surface area contributed by atoms with Crippen molar-refractivity contribution in [1.82, 2.24) is 0 Å². The van der Waals surface area contributed by atoms with Gasteiger partial charge in [-0.3, -0.25) is 0 Å². The Morgan fingerprint density at radius 1 is 1.06 bits per heavy atom. The van der Waals surface area contributed by atoms with Crippen LogP contribution in [0.4, 0.5) is 13.2 Å². The molecule has 0 aromatic heterocycles. The highest BCUT2D eigenvalue weighted by atomic mass is 19.2. The molecule has 180 valence electrons. The van der Waals surface area contributed by atoms with Crippen LogP contribution in [-0.2, 0) is 0 Å². The molecule has 1 aliphatic rings. The maximum Gasteiger partial charge on any atom is 0.200 e. The molecule has 0 aliphatic heterocycles. The lowest BCUT2D eigenvalue weighted by Gasteiger charge is -2.29. The van der Waals surface area contributed by atoms with Crippen LogP contribution < -0.4 is 9.47 Å². The molecule has 0 heterocycles. The normalized spacial score (nSPS) is 19.2. The predicted molar refractivity (Wildman–Crippen MR) is 123 cm³/mol. The third kappa shape index (κ3) is 6.53. The highest BCUT2D eigenvalue weighted by molar-refractivity contribution is 5.33. The number of rotatable bonds is 11. The molecule has 3 rings (SSSR count). The first kappa shape index (κ1) is 25.2. The first-order valence-electron chi connectivity index (χ1n) is 11.8. The van der Waals surface area contributed by atoms with Gasteiger partial charge in [0, 0.05) is 11.6 Å². The number of ether oxygens (including phenoxy) is 2. The summed E-state index contributed by atoms with van der Waals surface area (Å²) in [5, 5.41) is 9.97. The SMILES string of the molecule is C=CCCOc1ccc(C2CCC(COc3ccc(C(O)CCC)c(F)c3F)CC2)c(F)c1. The Hall–Kier alpha value is -2.47. The van der Waals surface area contributed by atoms with Gasteiger partial charge in [-0.1, -0.05) is 25.5 Å². The van der Waals surface area contributed by atoms with Crippen molar-refractivity contribution in [3.63, 3.8) is 0 Å². The zero-order valence-corrected chi connectivity index (χ0v) is 19.2. The van der Waals surface area contributed by atoms with Gasteiger partial charge in [0.25, 0.3) is 0 Å². The van der Waals surface area contributed by atoms with E-state index in [0.29, 0.717) is 37.2 Å². The summed E-state index contributed by atoms with van der Waals surface area (Å²) in [6.07, 6.45) is 5.72. The molecule has 2 aromatic rings. The van der Waals surface area contributed by atoms with Gasteiger partial charge in [-0.15, -0.1) is 6.58 Å². The first-order chi connectivity index (χ1) is 15.9. The largest absolute Gasteiger partial charge is 0.493 e. The summed E-state index contributed by atoms with van der Waals surface area (Å²) >= 11 is 0. The van der Waals surface area contributed by atoms with Crippen molar-refractivity contribution in [2.24, 2.45) is 5.92 Å². The van der Waals surface area contributed by atoms with Gasteiger partial charge in [0.1, 0.15) is 11.6 Å². The van der Waals surface area contributed by atoms with E-state index in [2.05, 4.69) is 6.58 Å².